The zero-order chi connectivity index (χ0) is 15.4. The first-order valence-corrected chi connectivity index (χ1v) is 10.0. The molecule has 5 heteroatoms. The van der Waals surface area contributed by atoms with Gasteiger partial charge in [-0.15, -0.1) is 23.5 Å². The number of halogens is 1. The molecule has 2 nitrogen and oxygen atoms in total. The van der Waals surface area contributed by atoms with E-state index in [4.69, 9.17) is 11.6 Å². The number of aromatic nitrogens is 2. The molecular weight excluding hydrogens is 332 g/mol. The zero-order valence-corrected chi connectivity index (χ0v) is 15.1. The second kappa shape index (κ2) is 7.33. The summed E-state index contributed by atoms with van der Waals surface area (Å²) in [5.41, 5.74) is 1.25. The van der Waals surface area contributed by atoms with Crippen molar-refractivity contribution in [3.63, 3.8) is 0 Å². The molecule has 1 saturated heterocycles. The number of hydrogen-bond acceptors (Lipinski definition) is 3. The molecule has 2 aromatic rings. The van der Waals surface area contributed by atoms with Gasteiger partial charge in [-0.2, -0.15) is 0 Å². The molecule has 1 fully saturated rings. The van der Waals surface area contributed by atoms with Crippen LogP contribution in [0.4, 0.5) is 0 Å². The Morgan fingerprint density at radius 2 is 2.09 bits per heavy atom. The highest BCUT2D eigenvalue weighted by atomic mass is 35.5. The third kappa shape index (κ3) is 3.84. The summed E-state index contributed by atoms with van der Waals surface area (Å²) in [4.78, 5) is 4.19. The van der Waals surface area contributed by atoms with E-state index in [9.17, 15) is 0 Å². The second-order valence-corrected chi connectivity index (χ2v) is 9.28. The molecule has 1 aliphatic heterocycles. The van der Waals surface area contributed by atoms with Crippen molar-refractivity contribution in [3.8, 4) is 0 Å². The van der Waals surface area contributed by atoms with Gasteiger partial charge < -0.3 is 4.57 Å². The van der Waals surface area contributed by atoms with Crippen LogP contribution in [0.1, 0.15) is 18.9 Å². The molecular formula is C17H21ClN2S2. The van der Waals surface area contributed by atoms with Crippen LogP contribution in [-0.4, -0.2) is 25.1 Å². The van der Waals surface area contributed by atoms with Crippen LogP contribution in [-0.2, 0) is 13.0 Å². The van der Waals surface area contributed by atoms with Gasteiger partial charge in [0.05, 0.1) is 10.4 Å². The van der Waals surface area contributed by atoms with Gasteiger partial charge in [0, 0.05) is 24.0 Å². The monoisotopic (exact) mass is 352 g/mol. The van der Waals surface area contributed by atoms with E-state index in [0.717, 1.165) is 23.9 Å². The van der Waals surface area contributed by atoms with E-state index < -0.39 is 0 Å². The number of thioether (sulfide) groups is 2. The molecule has 0 aliphatic carbocycles. The van der Waals surface area contributed by atoms with Crippen LogP contribution in [0.25, 0.3) is 0 Å². The fourth-order valence-electron chi connectivity index (χ4n) is 2.70. The number of hydrogen-bond donors (Lipinski definition) is 0. The molecule has 1 aromatic heterocycles. The maximum atomic E-state index is 6.41. The van der Waals surface area contributed by atoms with Gasteiger partial charge in [0.1, 0.15) is 0 Å². The molecule has 0 atom stereocenters. The Balaban J connectivity index is 1.81. The van der Waals surface area contributed by atoms with E-state index >= 15 is 0 Å². The van der Waals surface area contributed by atoms with Crippen LogP contribution in [0.5, 0.6) is 0 Å². The first kappa shape index (κ1) is 16.3. The lowest BCUT2D eigenvalue weighted by Crippen LogP contribution is -2.35. The summed E-state index contributed by atoms with van der Waals surface area (Å²) in [6.45, 7) is 3.27. The summed E-state index contributed by atoms with van der Waals surface area (Å²) < 4.78 is 2.35. The molecule has 0 amide bonds. The van der Waals surface area contributed by atoms with Gasteiger partial charge in [0.2, 0.25) is 0 Å². The van der Waals surface area contributed by atoms with Crippen LogP contribution >= 0.6 is 35.1 Å². The predicted molar refractivity (Wildman–Crippen MR) is 98.8 cm³/mol. The van der Waals surface area contributed by atoms with Gasteiger partial charge >= 0.3 is 0 Å². The molecule has 1 aromatic carbocycles. The van der Waals surface area contributed by atoms with Gasteiger partial charge in [-0.05, 0) is 35.5 Å². The summed E-state index contributed by atoms with van der Waals surface area (Å²) >= 11 is 10.6. The van der Waals surface area contributed by atoms with Crippen molar-refractivity contribution in [2.75, 3.05) is 11.5 Å². The maximum absolute atomic E-state index is 6.41. The molecule has 2 heterocycles. The Bertz CT molecular complexity index is 592. The van der Waals surface area contributed by atoms with Crippen LogP contribution in [0.15, 0.2) is 43.0 Å². The predicted octanol–water partition coefficient (Wildman–Crippen LogP) is 4.98. The highest BCUT2D eigenvalue weighted by Gasteiger charge is 2.37. The fourth-order valence-corrected chi connectivity index (χ4v) is 6.58. The number of rotatable bonds is 5. The Morgan fingerprint density at radius 1 is 1.32 bits per heavy atom. The Morgan fingerprint density at radius 3 is 2.73 bits per heavy atom. The van der Waals surface area contributed by atoms with Crippen molar-refractivity contribution in [1.82, 2.24) is 9.55 Å². The third-order valence-corrected chi connectivity index (χ3v) is 8.09. The van der Waals surface area contributed by atoms with E-state index in [1.165, 1.54) is 23.5 Å². The van der Waals surface area contributed by atoms with Crippen LogP contribution in [0.2, 0.25) is 5.02 Å². The van der Waals surface area contributed by atoms with E-state index in [2.05, 4.69) is 58.3 Å². The van der Waals surface area contributed by atoms with E-state index in [0.29, 0.717) is 0 Å². The van der Waals surface area contributed by atoms with Gasteiger partial charge in [-0.25, -0.2) is 4.98 Å². The molecule has 118 valence electrons. The summed E-state index contributed by atoms with van der Waals surface area (Å²) in [7, 11) is 0. The SMILES string of the molecule is CCC1CSC(Cc2ccccc2Cl)(Cn2ccnc2)SC1. The van der Waals surface area contributed by atoms with E-state index in [1.807, 2.05) is 24.7 Å². The lowest BCUT2D eigenvalue weighted by Gasteiger charge is -2.39. The van der Waals surface area contributed by atoms with Crippen molar-refractivity contribution in [3.05, 3.63) is 53.6 Å². The van der Waals surface area contributed by atoms with Crippen LogP contribution in [0.3, 0.4) is 0 Å². The number of benzene rings is 1. The summed E-state index contributed by atoms with van der Waals surface area (Å²) in [6.07, 6.45) is 8.10. The zero-order valence-electron chi connectivity index (χ0n) is 12.7. The molecule has 0 N–H and O–H groups in total. The van der Waals surface area contributed by atoms with Gasteiger partial charge in [0.15, 0.2) is 0 Å². The molecule has 1 aliphatic rings. The minimum atomic E-state index is 0.150. The van der Waals surface area contributed by atoms with Crippen molar-refractivity contribution >= 4 is 35.1 Å². The average Bonchev–Trinajstić information content (AvgIpc) is 3.03. The maximum Gasteiger partial charge on any atom is 0.0946 e. The summed E-state index contributed by atoms with van der Waals surface area (Å²) in [6, 6.07) is 8.24. The first-order valence-electron chi connectivity index (χ1n) is 7.68. The van der Waals surface area contributed by atoms with Crippen molar-refractivity contribution in [2.45, 2.75) is 30.4 Å². The highest BCUT2D eigenvalue weighted by Crippen LogP contribution is 2.48. The minimum absolute atomic E-state index is 0.150. The molecule has 0 radical (unpaired) electrons. The highest BCUT2D eigenvalue weighted by molar-refractivity contribution is 8.18. The van der Waals surface area contributed by atoms with Crippen LogP contribution in [0, 0.1) is 5.92 Å². The lowest BCUT2D eigenvalue weighted by atomic mass is 10.1. The topological polar surface area (TPSA) is 17.8 Å². The third-order valence-electron chi connectivity index (χ3n) is 4.14. The largest absolute Gasteiger partial charge is 0.335 e. The Kier molecular flexibility index (Phi) is 5.42. The van der Waals surface area contributed by atoms with Crippen molar-refractivity contribution in [2.24, 2.45) is 5.92 Å². The number of nitrogens with zero attached hydrogens (tertiary/aromatic N) is 2. The smallest absolute Gasteiger partial charge is 0.0946 e. The van der Waals surface area contributed by atoms with E-state index in [-0.39, 0.29) is 4.08 Å². The molecule has 0 spiro atoms. The second-order valence-electron chi connectivity index (χ2n) is 5.81. The molecule has 0 bridgehead atoms. The molecule has 3 rings (SSSR count). The first-order chi connectivity index (χ1) is 10.7. The number of imidazole rings is 1. The van der Waals surface area contributed by atoms with Gasteiger partial charge in [0.25, 0.3) is 0 Å². The normalized spacial score (nSPS) is 25.3. The van der Waals surface area contributed by atoms with E-state index in [1.54, 1.807) is 0 Å². The fraction of sp³-hybridized carbons (Fsp3) is 0.471. The Labute approximate surface area is 146 Å². The van der Waals surface area contributed by atoms with Gasteiger partial charge in [-0.3, -0.25) is 0 Å². The van der Waals surface area contributed by atoms with Crippen molar-refractivity contribution < 1.29 is 0 Å². The molecule has 0 unspecified atom stereocenters. The lowest BCUT2D eigenvalue weighted by molar-refractivity contribution is 0.588. The minimum Gasteiger partial charge on any atom is -0.335 e. The molecule has 22 heavy (non-hydrogen) atoms. The Hall–Kier alpha value is -0.580. The van der Waals surface area contributed by atoms with Gasteiger partial charge in [-0.1, -0.05) is 43.1 Å². The molecule has 0 saturated carbocycles. The summed E-state index contributed by atoms with van der Waals surface area (Å²) in [5.74, 6) is 3.31. The quantitative estimate of drug-likeness (QED) is 0.755. The summed E-state index contributed by atoms with van der Waals surface area (Å²) in [5, 5.41) is 0.881. The van der Waals surface area contributed by atoms with Crippen molar-refractivity contribution in [1.29, 1.82) is 0 Å². The standard InChI is InChI=1S/C17H21ClN2S2/c1-2-14-10-21-17(22-11-14,12-20-8-7-19-13-20)9-15-5-3-4-6-16(15)18/h3-8,13-14H,2,9-12H2,1H3. The van der Waals surface area contributed by atoms with Crippen LogP contribution < -0.4 is 0 Å². The average molecular weight is 353 g/mol.